The lowest BCUT2D eigenvalue weighted by molar-refractivity contribution is -0.139. The van der Waals surface area contributed by atoms with Crippen LogP contribution in [-0.2, 0) is 19.1 Å². The van der Waals surface area contributed by atoms with Crippen LogP contribution in [0.3, 0.4) is 0 Å². The Morgan fingerprint density at radius 1 is 0.800 bits per heavy atom. The number of aliphatic hydroxyl groups is 4. The van der Waals surface area contributed by atoms with Gasteiger partial charge in [-0.3, -0.25) is 9.59 Å². The van der Waals surface area contributed by atoms with Gasteiger partial charge in [0.25, 0.3) is 0 Å². The number of ether oxygens (including phenoxy) is 2. The summed E-state index contributed by atoms with van der Waals surface area (Å²) in [6, 6.07) is 6.53. The minimum Gasteiger partial charge on any atom is -0.481 e. The molecule has 0 aliphatic carbocycles. The summed E-state index contributed by atoms with van der Waals surface area (Å²) in [5, 5.41) is 49.3. The fraction of sp³-hybridized carbons (Fsp3) is 0.565. The highest BCUT2D eigenvalue weighted by Crippen LogP contribution is 2.18. The standard InChI is InChI=1S/C8H4O3.C6H10O4.C5H12O2.C4H10O3/c9-7-5-3-1-2-4-6(5)8(10)11-7;7-5(8)3-1-2-4-6(9)10;1-5(2,3-6)4-7;5-1-3-7-4-2-6/h1-4H;1-4H2,(H,7,8)(H,9,10);6-7H,3-4H2,1-2H3;5-6H,1-4H2. The number of carbonyl (C=O) groups is 4. The average Bonchev–Trinajstić information content (AvgIpc) is 3.12. The van der Waals surface area contributed by atoms with Gasteiger partial charge < -0.3 is 40.1 Å². The van der Waals surface area contributed by atoms with Crippen molar-refractivity contribution in [3.8, 4) is 0 Å². The number of unbranched alkanes of at least 4 members (excludes halogenated alkanes) is 1. The van der Waals surface area contributed by atoms with Crippen LogP contribution in [0.1, 0.15) is 60.2 Å². The van der Waals surface area contributed by atoms with Crippen molar-refractivity contribution in [1.29, 1.82) is 0 Å². The summed E-state index contributed by atoms with van der Waals surface area (Å²) in [4.78, 5) is 41.5. The SMILES string of the molecule is CC(C)(CO)CO.O=C(O)CCCCC(=O)O.O=C1OC(=O)c2ccccc21.OCCOCCO. The summed E-state index contributed by atoms with van der Waals surface area (Å²) in [6.07, 6.45) is 1.02. The predicted octanol–water partition coefficient (Wildman–Crippen LogP) is 0.698. The molecule has 1 aromatic rings. The van der Waals surface area contributed by atoms with Crippen molar-refractivity contribution in [2.75, 3.05) is 39.6 Å². The average molecular weight is 505 g/mol. The molecule has 0 amide bonds. The van der Waals surface area contributed by atoms with E-state index in [-0.39, 0.29) is 44.7 Å². The molecule has 0 spiro atoms. The van der Waals surface area contributed by atoms with Gasteiger partial charge in [-0.15, -0.1) is 0 Å². The number of rotatable bonds is 11. The number of hydrogen-bond acceptors (Lipinski definition) is 10. The van der Waals surface area contributed by atoms with Gasteiger partial charge in [0, 0.05) is 18.3 Å². The highest BCUT2D eigenvalue weighted by molar-refractivity contribution is 6.14. The number of aliphatic carboxylic acids is 2. The van der Waals surface area contributed by atoms with Gasteiger partial charge in [0.2, 0.25) is 0 Å². The molecule has 0 radical (unpaired) electrons. The maximum atomic E-state index is 10.8. The topological polar surface area (TPSA) is 208 Å². The van der Waals surface area contributed by atoms with Gasteiger partial charge in [0.1, 0.15) is 0 Å². The van der Waals surface area contributed by atoms with Crippen molar-refractivity contribution in [2.45, 2.75) is 39.5 Å². The van der Waals surface area contributed by atoms with Crippen LogP contribution in [0.25, 0.3) is 0 Å². The lowest BCUT2D eigenvalue weighted by Crippen LogP contribution is -2.20. The number of fused-ring (bicyclic) bond motifs is 1. The number of hydrogen-bond donors (Lipinski definition) is 6. The number of benzene rings is 1. The third-order valence-electron chi connectivity index (χ3n) is 3.91. The fourth-order valence-corrected chi connectivity index (χ4v) is 1.87. The van der Waals surface area contributed by atoms with E-state index in [1.54, 1.807) is 38.1 Å². The molecule has 1 aromatic carbocycles. The summed E-state index contributed by atoms with van der Waals surface area (Å²) >= 11 is 0. The molecule has 0 unspecified atom stereocenters. The second-order valence-electron chi connectivity index (χ2n) is 7.76. The molecule has 6 N–H and O–H groups in total. The van der Waals surface area contributed by atoms with E-state index in [0.29, 0.717) is 37.2 Å². The van der Waals surface area contributed by atoms with Crippen molar-refractivity contribution in [2.24, 2.45) is 5.41 Å². The smallest absolute Gasteiger partial charge is 0.346 e. The van der Waals surface area contributed by atoms with E-state index in [9.17, 15) is 19.2 Å². The number of carboxylic acids is 2. The summed E-state index contributed by atoms with van der Waals surface area (Å²) in [7, 11) is 0. The first-order valence-electron chi connectivity index (χ1n) is 10.8. The number of cyclic esters (lactones) is 2. The highest BCUT2D eigenvalue weighted by atomic mass is 16.6. The lowest BCUT2D eigenvalue weighted by atomic mass is 9.97. The molecule has 2 rings (SSSR count). The van der Waals surface area contributed by atoms with Gasteiger partial charge in [-0.05, 0) is 25.0 Å². The number of aliphatic hydroxyl groups excluding tert-OH is 4. The zero-order valence-electron chi connectivity index (χ0n) is 20.0. The zero-order valence-corrected chi connectivity index (χ0v) is 20.0. The molecule has 200 valence electrons. The molecule has 35 heavy (non-hydrogen) atoms. The Kier molecular flexibility index (Phi) is 20.0. The van der Waals surface area contributed by atoms with Crippen LogP contribution in [0, 0.1) is 5.41 Å². The Morgan fingerprint density at radius 2 is 1.17 bits per heavy atom. The zero-order chi connectivity index (χ0) is 27.3. The number of carbonyl (C=O) groups excluding carboxylic acids is 2. The molecule has 12 nitrogen and oxygen atoms in total. The maximum absolute atomic E-state index is 10.8. The first kappa shape index (κ1) is 34.3. The number of esters is 2. The Bertz CT molecular complexity index is 702. The van der Waals surface area contributed by atoms with Crippen LogP contribution < -0.4 is 0 Å². The predicted molar refractivity (Wildman–Crippen MR) is 123 cm³/mol. The molecule has 0 aromatic heterocycles. The molecule has 1 heterocycles. The Hall–Kier alpha value is -2.90. The summed E-state index contributed by atoms with van der Waals surface area (Å²) in [5.41, 5.74) is 0.412. The van der Waals surface area contributed by atoms with E-state index < -0.39 is 23.9 Å². The maximum Gasteiger partial charge on any atom is 0.346 e. The van der Waals surface area contributed by atoms with Crippen LogP contribution >= 0.6 is 0 Å². The van der Waals surface area contributed by atoms with Gasteiger partial charge in [0.15, 0.2) is 0 Å². The normalized spacial score (nSPS) is 11.5. The molecule has 0 saturated heterocycles. The molecular weight excluding hydrogens is 468 g/mol. The quantitative estimate of drug-likeness (QED) is 0.140. The summed E-state index contributed by atoms with van der Waals surface area (Å²) in [5.74, 6) is -2.84. The van der Waals surface area contributed by atoms with E-state index in [2.05, 4.69) is 9.47 Å². The van der Waals surface area contributed by atoms with Gasteiger partial charge >= 0.3 is 23.9 Å². The van der Waals surface area contributed by atoms with Gasteiger partial charge in [-0.2, -0.15) is 0 Å². The van der Waals surface area contributed by atoms with Crippen LogP contribution in [0.15, 0.2) is 24.3 Å². The van der Waals surface area contributed by atoms with Crippen molar-refractivity contribution in [3.05, 3.63) is 35.4 Å². The van der Waals surface area contributed by atoms with E-state index in [1.165, 1.54) is 0 Å². The molecular formula is C23H36O12. The van der Waals surface area contributed by atoms with E-state index in [1.807, 2.05) is 0 Å². The molecule has 12 heteroatoms. The molecule has 0 saturated carbocycles. The Balaban J connectivity index is 0. The molecule has 0 bridgehead atoms. The van der Waals surface area contributed by atoms with E-state index in [0.717, 1.165) is 0 Å². The van der Waals surface area contributed by atoms with Crippen molar-refractivity contribution >= 4 is 23.9 Å². The van der Waals surface area contributed by atoms with E-state index >= 15 is 0 Å². The van der Waals surface area contributed by atoms with Crippen molar-refractivity contribution < 1.29 is 59.3 Å². The lowest BCUT2D eigenvalue weighted by Gasteiger charge is -2.16. The van der Waals surface area contributed by atoms with Crippen molar-refractivity contribution in [1.82, 2.24) is 0 Å². The third kappa shape index (κ3) is 19.1. The monoisotopic (exact) mass is 504 g/mol. The van der Waals surface area contributed by atoms with E-state index in [4.69, 9.17) is 30.6 Å². The minimum absolute atomic E-state index is 0.0278. The molecule has 1 aliphatic rings. The second kappa shape index (κ2) is 20.5. The molecule has 0 fully saturated rings. The van der Waals surface area contributed by atoms with Crippen LogP contribution in [-0.4, -0.2) is 94.2 Å². The van der Waals surface area contributed by atoms with Gasteiger partial charge in [-0.1, -0.05) is 26.0 Å². The fourth-order valence-electron chi connectivity index (χ4n) is 1.87. The Morgan fingerprint density at radius 3 is 1.43 bits per heavy atom. The summed E-state index contributed by atoms with van der Waals surface area (Å²) < 4.78 is 8.99. The number of carboxylic acid groups (broad SMARTS) is 2. The van der Waals surface area contributed by atoms with Crippen LogP contribution in [0.4, 0.5) is 0 Å². The second-order valence-corrected chi connectivity index (χ2v) is 7.76. The molecule has 1 aliphatic heterocycles. The minimum atomic E-state index is -0.870. The Labute approximate surface area is 203 Å². The highest BCUT2D eigenvalue weighted by Gasteiger charge is 2.28. The largest absolute Gasteiger partial charge is 0.481 e. The van der Waals surface area contributed by atoms with Crippen LogP contribution in [0.5, 0.6) is 0 Å². The first-order chi connectivity index (χ1) is 16.4. The first-order valence-corrected chi connectivity index (χ1v) is 10.8. The van der Waals surface area contributed by atoms with Crippen LogP contribution in [0.2, 0.25) is 0 Å². The molecule has 0 atom stereocenters. The third-order valence-corrected chi connectivity index (χ3v) is 3.91. The van der Waals surface area contributed by atoms with Crippen molar-refractivity contribution in [3.63, 3.8) is 0 Å². The van der Waals surface area contributed by atoms with Gasteiger partial charge in [-0.25, -0.2) is 9.59 Å². The van der Waals surface area contributed by atoms with Gasteiger partial charge in [0.05, 0.1) is 50.8 Å². The summed E-state index contributed by atoms with van der Waals surface area (Å²) in [6.45, 7) is 4.38.